The molecule has 0 rings (SSSR count). The van der Waals surface area contributed by atoms with Crippen LogP contribution in [0, 0.1) is 0 Å². The first-order valence-electron chi connectivity index (χ1n) is 0.748. The van der Waals surface area contributed by atoms with Crippen molar-refractivity contribution in [3.63, 3.8) is 0 Å². The van der Waals surface area contributed by atoms with Crippen molar-refractivity contribution < 1.29 is 10.0 Å². The van der Waals surface area contributed by atoms with E-state index in [1.165, 1.54) is 5.48 Å². The van der Waals surface area contributed by atoms with Crippen LogP contribution in [-0.2, 0) is 4.79 Å². The second-order valence-corrected chi connectivity index (χ2v) is 0.247. The number of amides is 1. The van der Waals surface area contributed by atoms with E-state index in [0.717, 1.165) is 0 Å². The van der Waals surface area contributed by atoms with E-state index in [1.54, 1.807) is 0 Å². The molecule has 0 unspecified atom stereocenters. The maximum atomic E-state index is 8.81. The van der Waals surface area contributed by atoms with E-state index in [-0.39, 0.29) is 24.0 Å². The molecule has 0 spiro atoms. The van der Waals surface area contributed by atoms with Gasteiger partial charge in [0.2, 0.25) is 6.41 Å². The number of nitrogens with one attached hydrogen (secondary N) is 1. The fraction of sp³-hybridized carbons (Fsp3) is 0. The molecule has 0 heterocycles. The summed E-state index contributed by atoms with van der Waals surface area (Å²) in [4.78, 5) is 8.81. The Bertz CT molecular complexity index is 23.6. The number of carbonyl (C=O) groups excluding carboxylic acids is 1. The van der Waals surface area contributed by atoms with Crippen LogP contribution in [0.5, 0.6) is 0 Å². The summed E-state index contributed by atoms with van der Waals surface area (Å²) in [5, 5.41) is 7.26. The van der Waals surface area contributed by atoms with Crippen LogP contribution >= 0.6 is 0 Å². The second kappa shape index (κ2) is 9.02. The van der Waals surface area contributed by atoms with Gasteiger partial charge in [-0.25, -0.2) is 5.48 Å². The van der Waals surface area contributed by atoms with Crippen molar-refractivity contribution in [2.75, 3.05) is 0 Å². The average Bonchev–Trinajstić information content (AvgIpc) is 1.37. The molecule has 0 bridgehead atoms. The summed E-state index contributed by atoms with van der Waals surface area (Å²) < 4.78 is 0. The predicted octanol–water partition coefficient (Wildman–Crippen LogP) is -2.33. The molecule has 0 aromatic carbocycles. The zero-order chi connectivity index (χ0) is 3.41. The normalized spacial score (nSPS) is 4.20. The minimum atomic E-state index is 0. The Morgan fingerprint density at radius 1 is 1.80 bits per heavy atom. The van der Waals surface area contributed by atoms with Gasteiger partial charge >= 0.3 is 17.6 Å². The summed E-state index contributed by atoms with van der Waals surface area (Å²) in [6.07, 6.45) is 0.181. The van der Waals surface area contributed by atoms with Crippen molar-refractivity contribution >= 4 is 24.0 Å². The number of hydroxylamine groups is 1. The van der Waals surface area contributed by atoms with Crippen LogP contribution in [0.3, 0.4) is 0 Å². The van der Waals surface area contributed by atoms with Gasteiger partial charge in [-0.3, -0.25) is 10.0 Å². The van der Waals surface area contributed by atoms with Crippen molar-refractivity contribution in [3.05, 3.63) is 0 Å². The Labute approximate surface area is 40.3 Å². The van der Waals surface area contributed by atoms with E-state index in [1.807, 2.05) is 0 Å². The summed E-state index contributed by atoms with van der Waals surface area (Å²) in [7, 11) is 0. The first-order valence-corrected chi connectivity index (χ1v) is 0.748. The van der Waals surface area contributed by atoms with Gasteiger partial charge in [-0.15, -0.1) is 0 Å². The summed E-state index contributed by atoms with van der Waals surface area (Å²) in [6.45, 7) is 0. The SMILES string of the molecule is O=CNO.[GeH4]. The van der Waals surface area contributed by atoms with Gasteiger partial charge in [0.05, 0.1) is 0 Å². The number of hydrogen-bond donors (Lipinski definition) is 2. The molecule has 0 fully saturated rings. The molecular weight excluding hydrogens is 131 g/mol. The molecule has 0 saturated heterocycles. The molecule has 0 aromatic rings. The molecule has 0 saturated carbocycles. The molecule has 0 aliphatic carbocycles. The van der Waals surface area contributed by atoms with Crippen molar-refractivity contribution in [1.82, 2.24) is 5.48 Å². The van der Waals surface area contributed by atoms with Crippen molar-refractivity contribution in [2.24, 2.45) is 0 Å². The van der Waals surface area contributed by atoms with E-state index in [4.69, 9.17) is 10.0 Å². The van der Waals surface area contributed by atoms with Gasteiger partial charge in [-0.05, 0) is 0 Å². The molecule has 32 valence electrons. The summed E-state index contributed by atoms with van der Waals surface area (Å²) in [5.41, 5.74) is 1.25. The zero-order valence-electron chi connectivity index (χ0n) is 1.93. The number of rotatable bonds is 1. The molecular formula is CH7GeNO2. The van der Waals surface area contributed by atoms with Gasteiger partial charge in [-0.2, -0.15) is 0 Å². The van der Waals surface area contributed by atoms with Gasteiger partial charge in [0.1, 0.15) is 0 Å². The monoisotopic (exact) mass is 139 g/mol. The Balaban J connectivity index is 0. The standard InChI is InChI=1S/CH3NO2.GeH4/c3-1-2-4;/h1,4H,(H,2,3);1H4. The molecule has 0 aliphatic rings. The summed E-state index contributed by atoms with van der Waals surface area (Å²) in [6, 6.07) is 0. The third-order valence-corrected chi connectivity index (χ3v) is 0.0527. The zero-order valence-corrected chi connectivity index (χ0v) is 1.93. The number of carbonyl (C=O) groups is 1. The average molecular weight is 138 g/mol. The predicted molar refractivity (Wildman–Crippen MR) is 22.3 cm³/mol. The fourth-order valence-corrected chi connectivity index (χ4v) is 0. The van der Waals surface area contributed by atoms with E-state index in [0.29, 0.717) is 0 Å². The van der Waals surface area contributed by atoms with Crippen LogP contribution in [0.4, 0.5) is 0 Å². The maximum absolute atomic E-state index is 8.81. The molecule has 5 heavy (non-hydrogen) atoms. The Morgan fingerprint density at radius 3 is 2.00 bits per heavy atom. The third-order valence-electron chi connectivity index (χ3n) is 0.0527. The Morgan fingerprint density at radius 2 is 2.00 bits per heavy atom. The van der Waals surface area contributed by atoms with Crippen LogP contribution in [0.2, 0.25) is 0 Å². The van der Waals surface area contributed by atoms with Crippen LogP contribution in [0.1, 0.15) is 0 Å². The van der Waals surface area contributed by atoms with E-state index < -0.39 is 0 Å². The molecule has 0 radical (unpaired) electrons. The van der Waals surface area contributed by atoms with Gasteiger partial charge in [0.25, 0.3) is 0 Å². The quantitative estimate of drug-likeness (QED) is 0.184. The minimum absolute atomic E-state index is 0. The van der Waals surface area contributed by atoms with Crippen molar-refractivity contribution in [3.8, 4) is 0 Å². The molecule has 1 amide bonds. The molecule has 3 nitrogen and oxygen atoms in total. The van der Waals surface area contributed by atoms with Crippen LogP contribution in [0.15, 0.2) is 0 Å². The van der Waals surface area contributed by atoms with Gasteiger partial charge in [0.15, 0.2) is 0 Å². The Hall–Kier alpha value is -0.0271. The van der Waals surface area contributed by atoms with Gasteiger partial charge < -0.3 is 0 Å². The van der Waals surface area contributed by atoms with Crippen LogP contribution in [-0.4, -0.2) is 29.2 Å². The number of hydrogen-bond acceptors (Lipinski definition) is 2. The third kappa shape index (κ3) is 16.3. The molecule has 0 aromatic heterocycles. The van der Waals surface area contributed by atoms with E-state index in [2.05, 4.69) is 0 Å². The van der Waals surface area contributed by atoms with E-state index in [9.17, 15) is 0 Å². The second-order valence-electron chi connectivity index (χ2n) is 0.247. The first kappa shape index (κ1) is 8.88. The fourth-order valence-electron chi connectivity index (χ4n) is 0. The van der Waals surface area contributed by atoms with Gasteiger partial charge in [0, 0.05) is 0 Å². The summed E-state index contributed by atoms with van der Waals surface area (Å²) in [5.74, 6) is 0. The summed E-state index contributed by atoms with van der Waals surface area (Å²) >= 11 is 0. The Kier molecular flexibility index (Phi) is 16.0. The molecule has 4 heteroatoms. The molecule has 0 aliphatic heterocycles. The topological polar surface area (TPSA) is 49.3 Å². The first-order chi connectivity index (χ1) is 1.91. The van der Waals surface area contributed by atoms with Crippen LogP contribution < -0.4 is 5.48 Å². The van der Waals surface area contributed by atoms with Crippen molar-refractivity contribution in [2.45, 2.75) is 0 Å². The molecule has 2 N–H and O–H groups in total. The van der Waals surface area contributed by atoms with E-state index >= 15 is 0 Å². The van der Waals surface area contributed by atoms with Crippen molar-refractivity contribution in [1.29, 1.82) is 0 Å². The van der Waals surface area contributed by atoms with Gasteiger partial charge in [-0.1, -0.05) is 0 Å². The molecule has 0 atom stereocenters. The van der Waals surface area contributed by atoms with Crippen LogP contribution in [0.25, 0.3) is 0 Å².